The van der Waals surface area contributed by atoms with Gasteiger partial charge in [-0.15, -0.1) is 0 Å². The molecule has 0 atom stereocenters. The van der Waals surface area contributed by atoms with Crippen LogP contribution in [-0.4, -0.2) is 41.8 Å². The predicted octanol–water partition coefficient (Wildman–Crippen LogP) is 4.99. The molecule has 0 radical (unpaired) electrons. The summed E-state index contributed by atoms with van der Waals surface area (Å²) < 4.78 is 5.62. The second kappa shape index (κ2) is 8.62. The third-order valence-corrected chi connectivity index (χ3v) is 6.94. The second-order valence-corrected chi connectivity index (χ2v) is 8.95. The van der Waals surface area contributed by atoms with Gasteiger partial charge in [-0.25, -0.2) is 4.98 Å². The van der Waals surface area contributed by atoms with Crippen molar-refractivity contribution in [1.29, 1.82) is 0 Å². The van der Waals surface area contributed by atoms with Crippen LogP contribution in [0.1, 0.15) is 23.1 Å². The first-order valence-corrected chi connectivity index (χ1v) is 11.3. The normalized spacial score (nSPS) is 16.2. The molecule has 2 heterocycles. The van der Waals surface area contributed by atoms with Crippen molar-refractivity contribution >= 4 is 11.6 Å². The van der Waals surface area contributed by atoms with Crippen molar-refractivity contribution in [2.24, 2.45) is 5.92 Å². The number of likely N-dealkylation sites (tertiary alicyclic amines) is 1. The quantitative estimate of drug-likeness (QED) is 0.593. The maximum Gasteiger partial charge on any atom is 0.218 e. The molecule has 0 amide bonds. The van der Waals surface area contributed by atoms with Crippen molar-refractivity contribution < 1.29 is 9.84 Å². The predicted molar refractivity (Wildman–Crippen MR) is 125 cm³/mol. The first kappa shape index (κ1) is 20.5. The van der Waals surface area contributed by atoms with E-state index >= 15 is 0 Å². The SMILES string of the molecule is COc1nc(-c2cccc(-c3cccc4c3CCC4)c2Cl)ccc1CN1CC(CO)C1. The van der Waals surface area contributed by atoms with Gasteiger partial charge in [-0.1, -0.05) is 54.1 Å². The molecule has 31 heavy (non-hydrogen) atoms. The average Bonchev–Trinajstić information content (AvgIpc) is 3.25. The molecule has 5 heteroatoms. The van der Waals surface area contributed by atoms with Gasteiger partial charge < -0.3 is 9.84 Å². The number of aliphatic hydroxyl groups is 1. The smallest absolute Gasteiger partial charge is 0.218 e. The molecular formula is C26H27ClN2O2. The average molecular weight is 435 g/mol. The molecule has 1 aliphatic carbocycles. The summed E-state index contributed by atoms with van der Waals surface area (Å²) in [6.07, 6.45) is 3.47. The molecule has 3 aromatic rings. The fraction of sp³-hybridized carbons (Fsp3) is 0.346. The fourth-order valence-corrected chi connectivity index (χ4v) is 5.21. The highest BCUT2D eigenvalue weighted by molar-refractivity contribution is 6.36. The summed E-state index contributed by atoms with van der Waals surface area (Å²) in [6, 6.07) is 16.8. The molecule has 160 valence electrons. The van der Waals surface area contributed by atoms with Crippen molar-refractivity contribution in [2.75, 3.05) is 26.8 Å². The van der Waals surface area contributed by atoms with Crippen LogP contribution in [-0.2, 0) is 19.4 Å². The topological polar surface area (TPSA) is 45.6 Å². The van der Waals surface area contributed by atoms with E-state index in [1.54, 1.807) is 7.11 Å². The molecule has 1 saturated heterocycles. The molecule has 5 rings (SSSR count). The van der Waals surface area contributed by atoms with Crippen LogP contribution in [0.2, 0.25) is 5.02 Å². The van der Waals surface area contributed by atoms with Gasteiger partial charge in [0.15, 0.2) is 0 Å². The van der Waals surface area contributed by atoms with Crippen molar-refractivity contribution in [3.63, 3.8) is 0 Å². The number of pyridine rings is 1. The van der Waals surface area contributed by atoms with Crippen molar-refractivity contribution in [1.82, 2.24) is 9.88 Å². The Hall–Kier alpha value is -2.40. The van der Waals surface area contributed by atoms with Gasteiger partial charge in [0, 0.05) is 48.8 Å². The van der Waals surface area contributed by atoms with Gasteiger partial charge in [0.25, 0.3) is 0 Å². The van der Waals surface area contributed by atoms with E-state index in [1.807, 2.05) is 12.1 Å². The van der Waals surface area contributed by atoms with Crippen molar-refractivity contribution in [2.45, 2.75) is 25.8 Å². The third kappa shape index (κ3) is 3.84. The lowest BCUT2D eigenvalue weighted by Crippen LogP contribution is -2.47. The first-order chi connectivity index (χ1) is 15.2. The van der Waals surface area contributed by atoms with E-state index < -0.39 is 0 Å². The summed E-state index contributed by atoms with van der Waals surface area (Å²) in [5.74, 6) is 1.02. The highest BCUT2D eigenvalue weighted by atomic mass is 35.5. The molecule has 1 aliphatic heterocycles. The Bertz CT molecular complexity index is 1110. The highest BCUT2D eigenvalue weighted by Crippen LogP contribution is 2.40. The summed E-state index contributed by atoms with van der Waals surface area (Å²) in [6.45, 7) is 2.86. The van der Waals surface area contributed by atoms with E-state index in [2.05, 4.69) is 41.3 Å². The third-order valence-electron chi connectivity index (χ3n) is 6.53. The molecule has 0 bridgehead atoms. The Morgan fingerprint density at radius 1 is 1.03 bits per heavy atom. The Kier molecular flexibility index (Phi) is 5.70. The molecule has 2 aromatic carbocycles. The Morgan fingerprint density at radius 3 is 2.61 bits per heavy atom. The molecular weight excluding hydrogens is 408 g/mol. The van der Waals surface area contributed by atoms with Gasteiger partial charge in [0.2, 0.25) is 5.88 Å². The summed E-state index contributed by atoms with van der Waals surface area (Å²) in [4.78, 5) is 7.09. The number of hydrogen-bond acceptors (Lipinski definition) is 4. The first-order valence-electron chi connectivity index (χ1n) is 10.9. The number of aryl methyl sites for hydroxylation is 1. The molecule has 1 N–H and O–H groups in total. The Morgan fingerprint density at radius 2 is 1.81 bits per heavy atom. The van der Waals surface area contributed by atoms with Gasteiger partial charge in [-0.05, 0) is 42.0 Å². The van der Waals surface area contributed by atoms with Gasteiger partial charge in [-0.3, -0.25) is 4.90 Å². The van der Waals surface area contributed by atoms with E-state index in [0.29, 0.717) is 11.8 Å². The second-order valence-electron chi connectivity index (χ2n) is 8.57. The van der Waals surface area contributed by atoms with Crippen LogP contribution in [0, 0.1) is 5.92 Å². The fourth-order valence-electron chi connectivity index (χ4n) is 4.89. The molecule has 4 nitrogen and oxygen atoms in total. The largest absolute Gasteiger partial charge is 0.481 e. The minimum Gasteiger partial charge on any atom is -0.481 e. The van der Waals surface area contributed by atoms with E-state index in [0.717, 1.165) is 59.9 Å². The molecule has 0 saturated carbocycles. The summed E-state index contributed by atoms with van der Waals surface area (Å²) >= 11 is 6.95. The van der Waals surface area contributed by atoms with Crippen LogP contribution in [0.4, 0.5) is 0 Å². The number of rotatable bonds is 6. The number of nitrogens with zero attached hydrogens (tertiary/aromatic N) is 2. The number of hydrogen-bond donors (Lipinski definition) is 1. The van der Waals surface area contributed by atoms with Crippen molar-refractivity contribution in [3.05, 3.63) is 70.2 Å². The van der Waals surface area contributed by atoms with E-state index in [9.17, 15) is 5.11 Å². The number of ether oxygens (including phenoxy) is 1. The monoisotopic (exact) mass is 434 g/mol. The lowest BCUT2D eigenvalue weighted by atomic mass is 9.95. The van der Waals surface area contributed by atoms with E-state index in [1.165, 1.54) is 23.1 Å². The molecule has 1 aromatic heterocycles. The zero-order chi connectivity index (χ0) is 21.4. The van der Waals surface area contributed by atoms with Crippen LogP contribution < -0.4 is 4.74 Å². The summed E-state index contributed by atoms with van der Waals surface area (Å²) in [7, 11) is 1.66. The van der Waals surface area contributed by atoms with Crippen LogP contribution in [0.25, 0.3) is 22.4 Å². The van der Waals surface area contributed by atoms with E-state index in [4.69, 9.17) is 21.3 Å². The Labute approximate surface area is 188 Å². The lowest BCUT2D eigenvalue weighted by molar-refractivity contribution is 0.0472. The number of aliphatic hydroxyl groups excluding tert-OH is 1. The van der Waals surface area contributed by atoms with Gasteiger partial charge in [0.05, 0.1) is 17.8 Å². The standard InChI is InChI=1S/C26H27ClN2O2/c1-31-26-19(15-29-13-17(14-29)16-30)11-12-24(28-26)23-10-4-9-22(25(23)27)21-8-3-6-18-5-2-7-20(18)21/h3-4,6,8-12,17,30H,2,5,7,13-16H2,1H3. The Balaban J connectivity index is 1.47. The van der Waals surface area contributed by atoms with Gasteiger partial charge in [0.1, 0.15) is 0 Å². The minimum atomic E-state index is 0.254. The van der Waals surface area contributed by atoms with Crippen LogP contribution in [0.5, 0.6) is 5.88 Å². The molecule has 0 unspecified atom stereocenters. The molecule has 2 aliphatic rings. The maximum atomic E-state index is 9.24. The van der Waals surface area contributed by atoms with Gasteiger partial charge in [-0.2, -0.15) is 0 Å². The highest BCUT2D eigenvalue weighted by Gasteiger charge is 2.27. The minimum absolute atomic E-state index is 0.254. The number of fused-ring (bicyclic) bond motifs is 1. The zero-order valence-corrected chi connectivity index (χ0v) is 18.5. The van der Waals surface area contributed by atoms with Gasteiger partial charge >= 0.3 is 0 Å². The maximum absolute atomic E-state index is 9.24. The summed E-state index contributed by atoms with van der Waals surface area (Å²) in [5, 5.41) is 9.97. The lowest BCUT2D eigenvalue weighted by Gasteiger charge is -2.38. The molecule has 0 spiro atoms. The van der Waals surface area contributed by atoms with Crippen LogP contribution >= 0.6 is 11.6 Å². The van der Waals surface area contributed by atoms with Crippen LogP contribution in [0.15, 0.2) is 48.5 Å². The number of benzene rings is 2. The summed E-state index contributed by atoms with van der Waals surface area (Å²) in [5.41, 5.74) is 7.97. The van der Waals surface area contributed by atoms with Crippen LogP contribution in [0.3, 0.4) is 0 Å². The molecule has 1 fully saturated rings. The number of aromatic nitrogens is 1. The van der Waals surface area contributed by atoms with Crippen molar-refractivity contribution in [3.8, 4) is 28.3 Å². The van der Waals surface area contributed by atoms with E-state index in [-0.39, 0.29) is 6.61 Å². The zero-order valence-electron chi connectivity index (χ0n) is 17.8. The number of halogens is 1. The number of methoxy groups -OCH3 is 1.